The van der Waals surface area contributed by atoms with Crippen molar-refractivity contribution in [2.75, 3.05) is 26.4 Å². The first kappa shape index (κ1) is 60.8. The fraction of sp³-hybridized carbons (Fsp3) is 0.939. The van der Waals surface area contributed by atoms with Crippen LogP contribution in [0.25, 0.3) is 0 Å². The summed E-state index contributed by atoms with van der Waals surface area (Å²) in [5, 5.41) is 119. The van der Waals surface area contributed by atoms with Crippen molar-refractivity contribution in [2.24, 2.45) is 0 Å². The summed E-state index contributed by atoms with van der Waals surface area (Å²) in [4.78, 5) is 13.2. The van der Waals surface area contributed by atoms with Crippen LogP contribution in [0.1, 0.15) is 162 Å². The van der Waals surface area contributed by atoms with E-state index in [-0.39, 0.29) is 18.9 Å². The number of aliphatic hydroxyl groups excluding tert-OH is 11. The van der Waals surface area contributed by atoms with Gasteiger partial charge in [-0.25, -0.2) is 0 Å². The molecule has 3 aliphatic rings. The Balaban J connectivity index is 1.52. The first-order valence-electron chi connectivity index (χ1n) is 25.9. The highest BCUT2D eigenvalue weighted by Gasteiger charge is 2.53. The number of rotatable bonds is 36. The maximum absolute atomic E-state index is 13.2. The molecule has 0 radical (unpaired) electrons. The van der Waals surface area contributed by atoms with E-state index in [0.717, 1.165) is 57.8 Å². The summed E-state index contributed by atoms with van der Waals surface area (Å²) in [5.74, 6) is -0.280. The van der Waals surface area contributed by atoms with Gasteiger partial charge in [-0.2, -0.15) is 0 Å². The summed E-state index contributed by atoms with van der Waals surface area (Å²) < 4.78 is 34.0. The van der Waals surface area contributed by atoms with Crippen molar-refractivity contribution in [3.63, 3.8) is 0 Å². The molecular weight excluding hydrogens is 891 g/mol. The van der Waals surface area contributed by atoms with Crippen molar-refractivity contribution in [2.45, 2.75) is 266 Å². The predicted molar refractivity (Wildman–Crippen MR) is 250 cm³/mol. The van der Waals surface area contributed by atoms with Gasteiger partial charge in [0.15, 0.2) is 18.9 Å². The van der Waals surface area contributed by atoms with Crippen LogP contribution < -0.4 is 5.32 Å². The number of amides is 1. The zero-order valence-electron chi connectivity index (χ0n) is 40.8. The van der Waals surface area contributed by atoms with Gasteiger partial charge < -0.3 is 89.9 Å². The Morgan fingerprint density at radius 2 is 0.912 bits per heavy atom. The number of nitrogens with one attached hydrogen (secondary N) is 1. The molecule has 19 nitrogen and oxygen atoms in total. The fourth-order valence-electron chi connectivity index (χ4n) is 8.95. The lowest BCUT2D eigenvalue weighted by molar-refractivity contribution is -0.379. The van der Waals surface area contributed by atoms with Crippen LogP contribution in [0, 0.1) is 0 Å². The number of hydrogen-bond acceptors (Lipinski definition) is 18. The topological polar surface area (TPSA) is 307 Å². The zero-order chi connectivity index (χ0) is 49.8. The van der Waals surface area contributed by atoms with Crippen LogP contribution in [-0.4, -0.2) is 193 Å². The molecule has 0 aromatic carbocycles. The summed E-state index contributed by atoms with van der Waals surface area (Å²) in [6, 6.07) is -0.963. The van der Waals surface area contributed by atoms with E-state index >= 15 is 0 Å². The van der Waals surface area contributed by atoms with E-state index in [4.69, 9.17) is 28.4 Å². The van der Waals surface area contributed by atoms with Crippen molar-refractivity contribution in [3.05, 3.63) is 12.2 Å². The summed E-state index contributed by atoms with van der Waals surface area (Å²) in [6.07, 6.45) is 2.50. The summed E-state index contributed by atoms with van der Waals surface area (Å²) >= 11 is 0. The van der Waals surface area contributed by atoms with Crippen LogP contribution in [0.3, 0.4) is 0 Å². The van der Waals surface area contributed by atoms with Crippen molar-refractivity contribution < 1.29 is 89.4 Å². The van der Waals surface area contributed by atoms with Gasteiger partial charge in [0.2, 0.25) is 5.91 Å². The van der Waals surface area contributed by atoms with E-state index in [9.17, 15) is 61.0 Å². The molecule has 17 unspecified atom stereocenters. The summed E-state index contributed by atoms with van der Waals surface area (Å²) in [6.45, 7) is 1.63. The average molecular weight is 982 g/mol. The van der Waals surface area contributed by atoms with Gasteiger partial charge in [0.05, 0.1) is 38.6 Å². The SMILES string of the molecule is CCCCCCC/C=C/C(O)C(COC1OC(CO)C(OC2OC(CO)C(OC3OC(CO)C(O)C(O)C3O)C(O)C2O)C(O)C1O)NC(=O)CCCCCCCCCCCCCCCCCC. The smallest absolute Gasteiger partial charge is 0.220 e. The number of ether oxygens (including phenoxy) is 6. The van der Waals surface area contributed by atoms with Gasteiger partial charge in [-0.15, -0.1) is 0 Å². The van der Waals surface area contributed by atoms with Gasteiger partial charge in [0.1, 0.15) is 73.2 Å². The van der Waals surface area contributed by atoms with E-state index in [0.29, 0.717) is 6.42 Å². The molecule has 0 aliphatic carbocycles. The van der Waals surface area contributed by atoms with Gasteiger partial charge in [0.25, 0.3) is 0 Å². The number of hydrogen-bond donors (Lipinski definition) is 12. The Hall–Kier alpha value is -1.47. The molecule has 0 aromatic heterocycles. The molecule has 1 amide bonds. The molecule has 17 atom stereocenters. The van der Waals surface area contributed by atoms with Gasteiger partial charge in [0, 0.05) is 6.42 Å². The van der Waals surface area contributed by atoms with Crippen LogP contribution in [0.2, 0.25) is 0 Å². The van der Waals surface area contributed by atoms with Crippen molar-refractivity contribution in [3.8, 4) is 0 Å². The molecule has 3 aliphatic heterocycles. The summed E-state index contributed by atoms with van der Waals surface area (Å²) in [5.41, 5.74) is 0. The average Bonchev–Trinajstić information content (AvgIpc) is 3.33. The highest BCUT2D eigenvalue weighted by Crippen LogP contribution is 2.33. The molecule has 3 rings (SSSR count). The van der Waals surface area contributed by atoms with Crippen LogP contribution >= 0.6 is 0 Å². The maximum Gasteiger partial charge on any atom is 0.220 e. The molecule has 0 aromatic rings. The number of allylic oxidation sites excluding steroid dienone is 1. The first-order valence-corrected chi connectivity index (χ1v) is 25.9. The second-order valence-corrected chi connectivity index (χ2v) is 19.0. The lowest BCUT2D eigenvalue weighted by atomic mass is 9.96. The Labute approximate surface area is 404 Å². The molecule has 19 heteroatoms. The molecule has 3 saturated heterocycles. The van der Waals surface area contributed by atoms with E-state index in [2.05, 4.69) is 19.2 Å². The Morgan fingerprint density at radius 1 is 0.515 bits per heavy atom. The maximum atomic E-state index is 13.2. The normalized spacial score (nSPS) is 33.2. The zero-order valence-corrected chi connectivity index (χ0v) is 40.8. The second-order valence-electron chi connectivity index (χ2n) is 19.0. The van der Waals surface area contributed by atoms with Gasteiger partial charge in [-0.05, 0) is 19.3 Å². The van der Waals surface area contributed by atoms with Gasteiger partial charge in [-0.3, -0.25) is 4.79 Å². The number of unbranched alkanes of at least 4 members (excludes halogenated alkanes) is 20. The quantitative estimate of drug-likeness (QED) is 0.0315. The van der Waals surface area contributed by atoms with Crippen LogP contribution in [0.5, 0.6) is 0 Å². The van der Waals surface area contributed by atoms with E-state index < -0.39 is 124 Å². The molecule has 68 heavy (non-hydrogen) atoms. The molecular formula is C49H91NO18. The lowest BCUT2D eigenvalue weighted by Gasteiger charge is -2.48. The molecule has 0 saturated carbocycles. The Bertz CT molecular complexity index is 1310. The third-order valence-electron chi connectivity index (χ3n) is 13.3. The van der Waals surface area contributed by atoms with Crippen molar-refractivity contribution in [1.29, 1.82) is 0 Å². The molecule has 12 N–H and O–H groups in total. The lowest BCUT2D eigenvalue weighted by Crippen LogP contribution is -2.66. The molecule has 400 valence electrons. The van der Waals surface area contributed by atoms with Crippen LogP contribution in [0.15, 0.2) is 12.2 Å². The minimum atomic E-state index is -1.97. The van der Waals surface area contributed by atoms with Crippen LogP contribution in [-0.2, 0) is 33.2 Å². The Morgan fingerprint density at radius 3 is 1.38 bits per heavy atom. The van der Waals surface area contributed by atoms with E-state index in [1.807, 2.05) is 6.08 Å². The van der Waals surface area contributed by atoms with E-state index in [1.165, 1.54) is 77.0 Å². The van der Waals surface area contributed by atoms with E-state index in [1.54, 1.807) is 6.08 Å². The van der Waals surface area contributed by atoms with Gasteiger partial charge in [-0.1, -0.05) is 148 Å². The van der Waals surface area contributed by atoms with Gasteiger partial charge >= 0.3 is 0 Å². The molecule has 3 fully saturated rings. The minimum absolute atomic E-state index is 0.247. The number of carbonyl (C=O) groups is 1. The molecule has 0 bridgehead atoms. The van der Waals surface area contributed by atoms with Crippen LogP contribution in [0.4, 0.5) is 0 Å². The minimum Gasteiger partial charge on any atom is -0.394 e. The summed E-state index contributed by atoms with van der Waals surface area (Å²) in [7, 11) is 0. The third-order valence-corrected chi connectivity index (χ3v) is 13.3. The fourth-order valence-corrected chi connectivity index (χ4v) is 8.95. The highest BCUT2D eigenvalue weighted by atomic mass is 16.8. The number of carbonyl (C=O) groups excluding carboxylic acids is 1. The monoisotopic (exact) mass is 982 g/mol. The highest BCUT2D eigenvalue weighted by molar-refractivity contribution is 5.76. The molecule has 0 spiro atoms. The third kappa shape index (κ3) is 20.6. The standard InChI is InChI=1S/C49H91NO18/c1-3-5-7-9-11-12-13-14-15-16-17-18-19-21-23-25-27-37(55)50-32(33(54)26-24-22-20-10-8-6-4-2)31-63-47-43(61)40(58)45(35(29-52)65-47)68-49-44(62)41(59)46(36(30-53)66-49)67-48-42(60)39(57)38(56)34(28-51)64-48/h24,26,32-36,38-49,51-54,56-62H,3-23,25,27-31H2,1-2H3,(H,50,55)/b26-24+. The molecule has 3 heterocycles. The first-order chi connectivity index (χ1) is 32.8. The van der Waals surface area contributed by atoms with Crippen molar-refractivity contribution >= 4 is 5.91 Å². The largest absolute Gasteiger partial charge is 0.394 e. The second kappa shape index (κ2) is 34.8. The van der Waals surface area contributed by atoms with Crippen molar-refractivity contribution in [1.82, 2.24) is 5.32 Å². The number of aliphatic hydroxyl groups is 11. The Kier molecular flexibility index (Phi) is 31.1. The predicted octanol–water partition coefficient (Wildman–Crippen LogP) is 1.87.